The monoisotopic (exact) mass is 361 g/mol. The minimum absolute atomic E-state index is 0.00164. The van der Waals surface area contributed by atoms with Gasteiger partial charge in [-0.3, -0.25) is 4.79 Å². The van der Waals surface area contributed by atoms with E-state index in [4.69, 9.17) is 14.0 Å². The van der Waals surface area contributed by atoms with Crippen molar-refractivity contribution in [1.82, 2.24) is 15.8 Å². The number of nitrogens with zero attached hydrogens (tertiary/aromatic N) is 1. The summed E-state index contributed by atoms with van der Waals surface area (Å²) in [4.78, 5) is 11.6. The van der Waals surface area contributed by atoms with Crippen LogP contribution in [0.25, 0.3) is 0 Å². The van der Waals surface area contributed by atoms with Gasteiger partial charge in [-0.25, -0.2) is 0 Å². The van der Waals surface area contributed by atoms with Crippen LogP contribution in [0.5, 0.6) is 11.5 Å². The highest BCUT2D eigenvalue weighted by Crippen LogP contribution is 2.29. The lowest BCUT2D eigenvalue weighted by atomic mass is 10.2. The highest BCUT2D eigenvalue weighted by atomic mass is 16.5. The van der Waals surface area contributed by atoms with Gasteiger partial charge < -0.3 is 24.6 Å². The minimum atomic E-state index is -0.00164. The fraction of sp³-hybridized carbons (Fsp3) is 0.474. The molecule has 0 fully saturated rings. The smallest absolute Gasteiger partial charge is 0.233 e. The number of benzene rings is 1. The van der Waals surface area contributed by atoms with Gasteiger partial charge in [0, 0.05) is 13.1 Å². The topological polar surface area (TPSA) is 85.6 Å². The Balaban J connectivity index is 1.91. The summed E-state index contributed by atoms with van der Waals surface area (Å²) in [6.45, 7) is 7.69. The van der Waals surface area contributed by atoms with Gasteiger partial charge in [-0.15, -0.1) is 0 Å². The molecule has 0 saturated carbocycles. The second-order valence-electron chi connectivity index (χ2n) is 6.03. The van der Waals surface area contributed by atoms with Crippen LogP contribution in [0.3, 0.4) is 0 Å². The van der Waals surface area contributed by atoms with Gasteiger partial charge >= 0.3 is 0 Å². The van der Waals surface area contributed by atoms with Gasteiger partial charge in [-0.2, -0.15) is 0 Å². The van der Waals surface area contributed by atoms with Crippen LogP contribution in [-0.2, 0) is 17.9 Å². The lowest BCUT2D eigenvalue weighted by molar-refractivity contribution is -0.120. The zero-order valence-corrected chi connectivity index (χ0v) is 15.8. The molecular formula is C19H27N3O4. The van der Waals surface area contributed by atoms with Crippen molar-refractivity contribution in [2.75, 3.05) is 20.2 Å². The minimum Gasteiger partial charge on any atom is -0.493 e. The molecule has 142 valence electrons. The van der Waals surface area contributed by atoms with Crippen molar-refractivity contribution in [3.8, 4) is 11.5 Å². The molecule has 1 aromatic carbocycles. The summed E-state index contributed by atoms with van der Waals surface area (Å²) in [6.07, 6.45) is 0.929. The first-order valence-electron chi connectivity index (χ1n) is 8.74. The van der Waals surface area contributed by atoms with Gasteiger partial charge in [0.15, 0.2) is 11.5 Å². The Morgan fingerprint density at radius 2 is 2.08 bits per heavy atom. The zero-order valence-electron chi connectivity index (χ0n) is 15.8. The van der Waals surface area contributed by atoms with Crippen LogP contribution in [0.1, 0.15) is 35.9 Å². The highest BCUT2D eigenvalue weighted by Gasteiger charge is 2.12. The predicted molar refractivity (Wildman–Crippen MR) is 98.3 cm³/mol. The number of rotatable bonds is 10. The van der Waals surface area contributed by atoms with Gasteiger partial charge in [0.1, 0.15) is 12.4 Å². The molecule has 1 amide bonds. The van der Waals surface area contributed by atoms with Crippen LogP contribution in [-0.4, -0.2) is 31.3 Å². The largest absolute Gasteiger partial charge is 0.493 e. The number of hydrogen-bond donors (Lipinski definition) is 2. The Kier molecular flexibility index (Phi) is 7.47. The molecule has 2 N–H and O–H groups in total. The van der Waals surface area contributed by atoms with Crippen molar-refractivity contribution < 1.29 is 18.8 Å². The molecule has 0 unspecified atom stereocenters. The summed E-state index contributed by atoms with van der Waals surface area (Å²) in [7, 11) is 1.60. The molecule has 2 rings (SSSR count). The highest BCUT2D eigenvalue weighted by molar-refractivity contribution is 5.77. The molecule has 0 spiro atoms. The molecule has 26 heavy (non-hydrogen) atoms. The van der Waals surface area contributed by atoms with Crippen molar-refractivity contribution in [2.24, 2.45) is 0 Å². The maximum absolute atomic E-state index is 11.6. The normalized spacial score (nSPS) is 10.6. The summed E-state index contributed by atoms with van der Waals surface area (Å²) in [5.74, 6) is 2.05. The van der Waals surface area contributed by atoms with Crippen molar-refractivity contribution >= 4 is 5.91 Å². The number of amides is 1. The molecule has 7 heteroatoms. The molecule has 1 heterocycles. The lowest BCUT2D eigenvalue weighted by Crippen LogP contribution is -2.33. The van der Waals surface area contributed by atoms with E-state index < -0.39 is 0 Å². The predicted octanol–water partition coefficient (Wildman–Crippen LogP) is 2.49. The number of aryl methyl sites for hydroxylation is 2. The average Bonchev–Trinajstić information content (AvgIpc) is 2.96. The summed E-state index contributed by atoms with van der Waals surface area (Å²) in [5.41, 5.74) is 2.77. The molecule has 0 bridgehead atoms. The van der Waals surface area contributed by atoms with Crippen LogP contribution in [0.2, 0.25) is 0 Å². The van der Waals surface area contributed by atoms with Crippen LogP contribution < -0.4 is 20.1 Å². The van der Waals surface area contributed by atoms with Crippen LogP contribution in [0, 0.1) is 13.8 Å². The Hall–Kier alpha value is -2.54. The number of carbonyl (C=O) groups excluding carboxylic acids is 1. The standard InChI is InChI=1S/C19H27N3O4/c1-5-8-21-19(23)11-20-10-15-6-7-17(18(9-15)24-4)25-12-16-13(2)22-26-14(16)3/h6-7,9,20H,5,8,10-12H2,1-4H3,(H,21,23). The zero-order chi connectivity index (χ0) is 18.9. The third-order valence-electron chi connectivity index (χ3n) is 3.97. The summed E-state index contributed by atoms with van der Waals surface area (Å²) >= 11 is 0. The molecular weight excluding hydrogens is 334 g/mol. The second kappa shape index (κ2) is 9.82. The molecule has 0 aliphatic rings. The first kappa shape index (κ1) is 19.8. The summed E-state index contributed by atoms with van der Waals surface area (Å²) < 4.78 is 16.4. The third kappa shape index (κ3) is 5.49. The maximum Gasteiger partial charge on any atom is 0.233 e. The molecule has 0 aliphatic heterocycles. The Morgan fingerprint density at radius 1 is 1.27 bits per heavy atom. The van der Waals surface area contributed by atoms with Gasteiger partial charge in [-0.1, -0.05) is 18.1 Å². The lowest BCUT2D eigenvalue weighted by Gasteiger charge is -2.12. The SMILES string of the molecule is CCCNC(=O)CNCc1ccc(OCc2c(C)noc2C)c(OC)c1. The summed E-state index contributed by atoms with van der Waals surface area (Å²) in [6, 6.07) is 5.72. The fourth-order valence-electron chi connectivity index (χ4n) is 2.45. The van der Waals surface area contributed by atoms with Crippen LogP contribution in [0.4, 0.5) is 0 Å². The van der Waals surface area contributed by atoms with Crippen molar-refractivity contribution in [2.45, 2.75) is 40.3 Å². The number of nitrogens with one attached hydrogen (secondary N) is 2. The van der Waals surface area contributed by atoms with E-state index in [9.17, 15) is 4.79 Å². The molecule has 7 nitrogen and oxygen atoms in total. The summed E-state index contributed by atoms with van der Waals surface area (Å²) in [5, 5.41) is 9.88. The van der Waals surface area contributed by atoms with Crippen molar-refractivity contribution in [1.29, 1.82) is 0 Å². The Morgan fingerprint density at radius 3 is 2.73 bits per heavy atom. The quantitative estimate of drug-likeness (QED) is 0.676. The maximum atomic E-state index is 11.6. The Labute approximate surface area is 154 Å². The molecule has 1 aromatic heterocycles. The van der Waals surface area contributed by atoms with E-state index in [1.54, 1.807) is 7.11 Å². The molecule has 0 radical (unpaired) electrons. The number of methoxy groups -OCH3 is 1. The van der Waals surface area contributed by atoms with Gasteiger partial charge in [0.05, 0.1) is 24.9 Å². The molecule has 0 aliphatic carbocycles. The Bertz CT molecular complexity index is 708. The van der Waals surface area contributed by atoms with E-state index in [1.807, 2.05) is 39.0 Å². The fourth-order valence-corrected chi connectivity index (χ4v) is 2.45. The van der Waals surface area contributed by atoms with E-state index in [0.717, 1.165) is 29.0 Å². The number of aromatic nitrogens is 1. The van der Waals surface area contributed by atoms with E-state index in [1.165, 1.54) is 0 Å². The van der Waals surface area contributed by atoms with E-state index in [-0.39, 0.29) is 12.5 Å². The van der Waals surface area contributed by atoms with Gasteiger partial charge in [0.2, 0.25) is 5.91 Å². The van der Waals surface area contributed by atoms with Crippen molar-refractivity contribution in [3.63, 3.8) is 0 Å². The van der Waals surface area contributed by atoms with Gasteiger partial charge in [0.25, 0.3) is 0 Å². The number of carbonyl (C=O) groups is 1. The number of ether oxygens (including phenoxy) is 2. The number of hydrogen-bond acceptors (Lipinski definition) is 6. The van der Waals surface area contributed by atoms with E-state index in [0.29, 0.717) is 31.2 Å². The average molecular weight is 361 g/mol. The molecule has 2 aromatic rings. The van der Waals surface area contributed by atoms with Crippen molar-refractivity contribution in [3.05, 3.63) is 40.8 Å². The molecule has 0 saturated heterocycles. The first-order valence-corrected chi connectivity index (χ1v) is 8.74. The van der Waals surface area contributed by atoms with Crippen LogP contribution in [0.15, 0.2) is 22.7 Å². The second-order valence-corrected chi connectivity index (χ2v) is 6.03. The first-order chi connectivity index (χ1) is 12.5. The van der Waals surface area contributed by atoms with Crippen LogP contribution >= 0.6 is 0 Å². The van der Waals surface area contributed by atoms with E-state index >= 15 is 0 Å². The third-order valence-corrected chi connectivity index (χ3v) is 3.97. The van der Waals surface area contributed by atoms with Gasteiger partial charge in [-0.05, 0) is 38.0 Å². The molecule has 0 atom stereocenters. The van der Waals surface area contributed by atoms with E-state index in [2.05, 4.69) is 15.8 Å².